The van der Waals surface area contributed by atoms with E-state index in [0.717, 1.165) is 0 Å². The molecule has 18 heavy (non-hydrogen) atoms. The second-order valence-corrected chi connectivity index (χ2v) is 5.61. The van der Waals surface area contributed by atoms with Crippen molar-refractivity contribution < 1.29 is 23.8 Å². The van der Waals surface area contributed by atoms with E-state index < -0.39 is 16.8 Å². The molecule has 102 valence electrons. The normalized spacial score (nSPS) is 33.8. The molecule has 5 heteroatoms. The number of carbonyl (C=O) groups excluding carboxylic acids is 2. The Labute approximate surface area is 107 Å². The van der Waals surface area contributed by atoms with Crippen LogP contribution in [0.1, 0.15) is 33.6 Å². The van der Waals surface area contributed by atoms with Crippen molar-refractivity contribution in [2.75, 3.05) is 19.8 Å². The molecule has 2 aliphatic rings. The lowest BCUT2D eigenvalue weighted by Gasteiger charge is -2.50. The van der Waals surface area contributed by atoms with Gasteiger partial charge in [0.25, 0.3) is 0 Å². The summed E-state index contributed by atoms with van der Waals surface area (Å²) >= 11 is 0. The minimum Gasteiger partial charge on any atom is -0.360 e. The molecule has 2 rings (SSSR count). The summed E-state index contributed by atoms with van der Waals surface area (Å²) in [5.74, 6) is -0.890. The molecule has 0 amide bonds. The molecule has 1 spiro atoms. The maximum absolute atomic E-state index is 12.6. The molecule has 1 heterocycles. The predicted molar refractivity (Wildman–Crippen MR) is 63.1 cm³/mol. The first kappa shape index (κ1) is 13.6. The van der Waals surface area contributed by atoms with Gasteiger partial charge in [-0.3, -0.25) is 4.79 Å². The second kappa shape index (κ2) is 4.40. The average molecular weight is 256 g/mol. The monoisotopic (exact) mass is 256 g/mol. The molecule has 0 radical (unpaired) electrons. The van der Waals surface area contributed by atoms with Gasteiger partial charge in [0.05, 0.1) is 18.6 Å². The summed E-state index contributed by atoms with van der Waals surface area (Å²) in [6.07, 6.45) is 1.77. The fourth-order valence-electron chi connectivity index (χ4n) is 2.98. The number of hydrogen-bond acceptors (Lipinski definition) is 5. The molecule has 1 unspecified atom stereocenters. The van der Waals surface area contributed by atoms with E-state index in [4.69, 9.17) is 14.2 Å². The Bertz CT molecular complexity index is 356. The lowest BCUT2D eigenvalue weighted by atomic mass is 9.65. The van der Waals surface area contributed by atoms with Gasteiger partial charge in [-0.2, -0.15) is 0 Å². The summed E-state index contributed by atoms with van der Waals surface area (Å²) in [6, 6.07) is 0. The summed E-state index contributed by atoms with van der Waals surface area (Å²) in [5.41, 5.74) is -1.70. The Balaban J connectivity index is 2.24. The van der Waals surface area contributed by atoms with Gasteiger partial charge in [-0.15, -0.1) is 0 Å². The standard InChI is InChI=1S/C13H20O5/c1-11(2)10(15)12(3,16-7-6-14)4-5-13(11)17-8-9-18-13/h6H,4-5,7-9H2,1-3H3. The minimum atomic E-state index is -0.926. The SMILES string of the molecule is CC1(OCC=O)CCC2(OCCO2)C(C)(C)C1=O. The fraction of sp³-hybridized carbons (Fsp3) is 0.846. The number of ketones is 1. The zero-order valence-electron chi connectivity index (χ0n) is 11.2. The van der Waals surface area contributed by atoms with E-state index >= 15 is 0 Å². The number of hydrogen-bond donors (Lipinski definition) is 0. The smallest absolute Gasteiger partial charge is 0.180 e. The highest BCUT2D eigenvalue weighted by molar-refractivity contribution is 5.93. The van der Waals surface area contributed by atoms with Crippen molar-refractivity contribution in [1.82, 2.24) is 0 Å². The first-order valence-electron chi connectivity index (χ1n) is 6.28. The van der Waals surface area contributed by atoms with Crippen LogP contribution in [0.4, 0.5) is 0 Å². The van der Waals surface area contributed by atoms with Gasteiger partial charge in [-0.05, 0) is 27.2 Å². The molecule has 1 atom stereocenters. The van der Waals surface area contributed by atoms with E-state index in [-0.39, 0.29) is 12.4 Å². The van der Waals surface area contributed by atoms with E-state index in [9.17, 15) is 9.59 Å². The lowest BCUT2D eigenvalue weighted by molar-refractivity contribution is -0.255. The van der Waals surface area contributed by atoms with Crippen LogP contribution in [0.25, 0.3) is 0 Å². The van der Waals surface area contributed by atoms with Gasteiger partial charge in [0.1, 0.15) is 18.5 Å². The molecule has 1 aliphatic heterocycles. The van der Waals surface area contributed by atoms with Gasteiger partial charge in [-0.1, -0.05) is 0 Å². The van der Waals surface area contributed by atoms with Gasteiger partial charge in [0.15, 0.2) is 11.6 Å². The van der Waals surface area contributed by atoms with Crippen molar-refractivity contribution in [3.05, 3.63) is 0 Å². The number of Topliss-reactive ketones (excluding diaryl/α,β-unsaturated/α-hetero) is 1. The first-order chi connectivity index (χ1) is 8.38. The quantitative estimate of drug-likeness (QED) is 0.707. The molecule has 0 bridgehead atoms. The van der Waals surface area contributed by atoms with Crippen molar-refractivity contribution in [3.63, 3.8) is 0 Å². The highest BCUT2D eigenvalue weighted by Gasteiger charge is 2.62. The second-order valence-electron chi connectivity index (χ2n) is 5.61. The molecule has 1 aliphatic carbocycles. The van der Waals surface area contributed by atoms with Crippen LogP contribution in [-0.4, -0.2) is 43.3 Å². The van der Waals surface area contributed by atoms with Gasteiger partial charge in [-0.25, -0.2) is 0 Å². The molecule has 0 aromatic rings. The van der Waals surface area contributed by atoms with Crippen molar-refractivity contribution >= 4 is 12.1 Å². The average Bonchev–Trinajstić information content (AvgIpc) is 2.82. The molecule has 0 N–H and O–H groups in total. The van der Waals surface area contributed by atoms with E-state index in [2.05, 4.69) is 0 Å². The summed E-state index contributed by atoms with van der Waals surface area (Å²) in [5, 5.41) is 0. The van der Waals surface area contributed by atoms with Crippen LogP contribution in [0.3, 0.4) is 0 Å². The highest BCUT2D eigenvalue weighted by atomic mass is 16.7. The predicted octanol–water partition coefficient (Wildman–Crippen LogP) is 1.09. The van der Waals surface area contributed by atoms with Gasteiger partial charge >= 0.3 is 0 Å². The van der Waals surface area contributed by atoms with Crippen molar-refractivity contribution in [2.24, 2.45) is 5.41 Å². The molecule has 1 saturated heterocycles. The summed E-state index contributed by atoms with van der Waals surface area (Å²) < 4.78 is 16.8. The number of rotatable bonds is 3. The van der Waals surface area contributed by atoms with Crippen LogP contribution >= 0.6 is 0 Å². The Morgan fingerprint density at radius 2 is 1.83 bits per heavy atom. The largest absolute Gasteiger partial charge is 0.360 e. The number of aldehydes is 1. The van der Waals surface area contributed by atoms with Crippen molar-refractivity contribution in [3.8, 4) is 0 Å². The topological polar surface area (TPSA) is 61.8 Å². The molecule has 0 aromatic carbocycles. The van der Waals surface area contributed by atoms with E-state index in [1.165, 1.54) is 0 Å². The highest BCUT2D eigenvalue weighted by Crippen LogP contribution is 2.50. The Morgan fingerprint density at radius 3 is 2.39 bits per heavy atom. The van der Waals surface area contributed by atoms with Crippen LogP contribution in [0, 0.1) is 5.41 Å². The first-order valence-corrected chi connectivity index (χ1v) is 6.28. The Hall–Kier alpha value is -0.780. The zero-order valence-corrected chi connectivity index (χ0v) is 11.2. The summed E-state index contributed by atoms with van der Waals surface area (Å²) in [6.45, 7) is 6.35. The van der Waals surface area contributed by atoms with E-state index in [1.807, 2.05) is 13.8 Å². The van der Waals surface area contributed by atoms with Crippen LogP contribution in [0.5, 0.6) is 0 Å². The van der Waals surface area contributed by atoms with Crippen LogP contribution < -0.4 is 0 Å². The number of ether oxygens (including phenoxy) is 3. The van der Waals surface area contributed by atoms with Crippen LogP contribution in [0.15, 0.2) is 0 Å². The maximum Gasteiger partial charge on any atom is 0.180 e. The van der Waals surface area contributed by atoms with Crippen molar-refractivity contribution in [2.45, 2.75) is 45.0 Å². The number of carbonyl (C=O) groups is 2. The Kier molecular flexibility index (Phi) is 3.34. The summed E-state index contributed by atoms with van der Waals surface area (Å²) in [7, 11) is 0. The molecule has 2 fully saturated rings. The molecule has 0 aromatic heterocycles. The van der Waals surface area contributed by atoms with Crippen LogP contribution in [0.2, 0.25) is 0 Å². The van der Waals surface area contributed by atoms with E-state index in [0.29, 0.717) is 32.3 Å². The fourth-order valence-corrected chi connectivity index (χ4v) is 2.98. The third kappa shape index (κ3) is 1.81. The third-order valence-electron chi connectivity index (χ3n) is 4.16. The van der Waals surface area contributed by atoms with Gasteiger partial charge < -0.3 is 19.0 Å². The maximum atomic E-state index is 12.6. The Morgan fingerprint density at radius 1 is 1.22 bits per heavy atom. The van der Waals surface area contributed by atoms with Crippen LogP contribution in [-0.2, 0) is 23.8 Å². The molecular formula is C13H20O5. The molecule has 5 nitrogen and oxygen atoms in total. The zero-order chi connectivity index (χ0) is 13.4. The molecule has 1 saturated carbocycles. The third-order valence-corrected chi connectivity index (χ3v) is 4.16. The lowest BCUT2D eigenvalue weighted by Crippen LogP contribution is -2.62. The minimum absolute atomic E-state index is 0.0625. The molecular weight excluding hydrogens is 236 g/mol. The summed E-state index contributed by atoms with van der Waals surface area (Å²) in [4.78, 5) is 23.1. The van der Waals surface area contributed by atoms with E-state index in [1.54, 1.807) is 6.92 Å². The van der Waals surface area contributed by atoms with Gasteiger partial charge in [0, 0.05) is 6.42 Å². The van der Waals surface area contributed by atoms with Crippen molar-refractivity contribution in [1.29, 1.82) is 0 Å². The van der Waals surface area contributed by atoms with Gasteiger partial charge in [0.2, 0.25) is 0 Å².